The molecular weight excluding hydrogens is 392 g/mol. The minimum atomic E-state index is -3.78. The number of nitrogens with one attached hydrogen (secondary N) is 2. The van der Waals surface area contributed by atoms with Crippen LogP contribution in [-0.4, -0.2) is 20.4 Å². The van der Waals surface area contributed by atoms with Crippen LogP contribution in [0, 0.1) is 13.8 Å². The summed E-state index contributed by atoms with van der Waals surface area (Å²) in [6.07, 6.45) is 0.252. The second kappa shape index (κ2) is 8.68. The molecule has 0 bridgehead atoms. The topological polar surface area (TPSA) is 75.3 Å². The fourth-order valence-corrected chi connectivity index (χ4v) is 4.99. The molecule has 3 rings (SSSR count). The molecule has 0 saturated heterocycles. The third-order valence-electron chi connectivity index (χ3n) is 4.31. The maximum absolute atomic E-state index is 13.0. The zero-order valence-corrected chi connectivity index (χ0v) is 17.3. The maximum Gasteiger partial charge on any atom is 0.250 e. The smallest absolute Gasteiger partial charge is 0.250 e. The first-order valence-electron chi connectivity index (χ1n) is 8.83. The van der Waals surface area contributed by atoms with Gasteiger partial charge in [-0.25, -0.2) is 8.42 Å². The lowest BCUT2D eigenvalue weighted by atomic mass is 10.1. The molecule has 0 saturated carbocycles. The summed E-state index contributed by atoms with van der Waals surface area (Å²) < 4.78 is 28.1. The van der Waals surface area contributed by atoms with Crippen molar-refractivity contribution in [2.75, 3.05) is 5.32 Å². The highest BCUT2D eigenvalue weighted by molar-refractivity contribution is 7.91. The molecule has 1 amide bonds. The molecule has 5 nitrogen and oxygen atoms in total. The highest BCUT2D eigenvalue weighted by Gasteiger charge is 2.27. The van der Waals surface area contributed by atoms with Crippen LogP contribution >= 0.6 is 11.3 Å². The number of amides is 1. The average Bonchev–Trinajstić information content (AvgIpc) is 3.21. The second-order valence-electron chi connectivity index (χ2n) is 6.60. The van der Waals surface area contributed by atoms with Gasteiger partial charge in [0.15, 0.2) is 0 Å². The lowest BCUT2D eigenvalue weighted by molar-refractivity contribution is -0.117. The summed E-state index contributed by atoms with van der Waals surface area (Å²) in [5.41, 5.74) is 3.48. The number of aryl methyl sites for hydroxylation is 2. The number of benzene rings is 2. The van der Waals surface area contributed by atoms with Gasteiger partial charge < -0.3 is 5.32 Å². The molecule has 0 fully saturated rings. The van der Waals surface area contributed by atoms with Gasteiger partial charge in [0, 0.05) is 5.69 Å². The summed E-state index contributed by atoms with van der Waals surface area (Å²) in [7, 11) is -3.78. The fraction of sp³-hybridized carbons (Fsp3) is 0.190. The Morgan fingerprint density at radius 3 is 2.46 bits per heavy atom. The largest absolute Gasteiger partial charge is 0.324 e. The third kappa shape index (κ3) is 5.07. The summed E-state index contributed by atoms with van der Waals surface area (Å²) in [6, 6.07) is 17.4. The van der Waals surface area contributed by atoms with Gasteiger partial charge in [0.05, 0.1) is 0 Å². The third-order valence-corrected chi connectivity index (χ3v) is 7.18. The van der Waals surface area contributed by atoms with Crippen molar-refractivity contribution in [1.82, 2.24) is 4.72 Å². The van der Waals surface area contributed by atoms with Gasteiger partial charge in [-0.1, -0.05) is 48.5 Å². The molecule has 1 aromatic heterocycles. The van der Waals surface area contributed by atoms with Crippen LogP contribution < -0.4 is 10.0 Å². The summed E-state index contributed by atoms with van der Waals surface area (Å²) in [4.78, 5) is 13.0. The van der Waals surface area contributed by atoms with E-state index in [0.29, 0.717) is 5.69 Å². The predicted molar refractivity (Wildman–Crippen MR) is 113 cm³/mol. The Kier molecular flexibility index (Phi) is 6.28. The van der Waals surface area contributed by atoms with E-state index < -0.39 is 22.0 Å². The predicted octanol–water partition coefficient (Wildman–Crippen LogP) is 3.89. The first-order chi connectivity index (χ1) is 13.3. The fourth-order valence-electron chi connectivity index (χ4n) is 2.79. The van der Waals surface area contributed by atoms with Crippen LogP contribution in [0.1, 0.15) is 16.7 Å². The number of hydrogen-bond acceptors (Lipinski definition) is 4. The summed E-state index contributed by atoms with van der Waals surface area (Å²) >= 11 is 1.12. The van der Waals surface area contributed by atoms with Gasteiger partial charge in [0.25, 0.3) is 10.0 Å². The number of hydrogen-bond donors (Lipinski definition) is 2. The Morgan fingerprint density at radius 1 is 1.04 bits per heavy atom. The lowest BCUT2D eigenvalue weighted by Gasteiger charge is -2.19. The van der Waals surface area contributed by atoms with E-state index in [9.17, 15) is 13.2 Å². The molecule has 3 aromatic rings. The van der Waals surface area contributed by atoms with Crippen LogP contribution in [0.2, 0.25) is 0 Å². The molecule has 0 radical (unpaired) electrons. The van der Waals surface area contributed by atoms with Crippen molar-refractivity contribution in [3.63, 3.8) is 0 Å². The highest BCUT2D eigenvalue weighted by atomic mass is 32.2. The molecule has 2 N–H and O–H groups in total. The Labute approximate surface area is 169 Å². The Balaban J connectivity index is 1.86. The maximum atomic E-state index is 13.0. The number of rotatable bonds is 7. The van der Waals surface area contributed by atoms with E-state index >= 15 is 0 Å². The monoisotopic (exact) mass is 414 g/mol. The van der Waals surface area contributed by atoms with Gasteiger partial charge in [-0.15, -0.1) is 11.3 Å². The molecule has 0 spiro atoms. The molecule has 0 aliphatic carbocycles. The molecule has 0 aliphatic heterocycles. The van der Waals surface area contributed by atoms with Crippen LogP contribution in [0.15, 0.2) is 70.3 Å². The molecule has 0 aliphatic rings. The van der Waals surface area contributed by atoms with E-state index in [1.54, 1.807) is 11.4 Å². The number of carbonyl (C=O) groups is 1. The number of thiophene rings is 1. The Bertz CT molecular complexity index is 1050. The first-order valence-corrected chi connectivity index (χ1v) is 11.2. The van der Waals surface area contributed by atoms with Crippen molar-refractivity contribution < 1.29 is 13.2 Å². The zero-order chi connectivity index (χ0) is 20.1. The van der Waals surface area contributed by atoms with Gasteiger partial charge in [-0.2, -0.15) is 4.72 Å². The SMILES string of the molecule is Cc1ccc(C)c(NC(=O)[C@@H](Cc2ccccc2)NS(=O)(=O)c2cccs2)c1. The van der Waals surface area contributed by atoms with Crippen LogP contribution in [0.3, 0.4) is 0 Å². The average molecular weight is 415 g/mol. The van der Waals surface area contributed by atoms with E-state index in [4.69, 9.17) is 0 Å². The van der Waals surface area contributed by atoms with Crippen LogP contribution in [-0.2, 0) is 21.2 Å². The normalized spacial score (nSPS) is 12.5. The Hall–Kier alpha value is -2.48. The van der Waals surface area contributed by atoms with Crippen molar-refractivity contribution in [1.29, 1.82) is 0 Å². The van der Waals surface area contributed by atoms with Gasteiger partial charge in [-0.3, -0.25) is 4.79 Å². The standard InChI is InChI=1S/C21H22N2O3S2/c1-15-10-11-16(2)18(13-15)22-21(24)19(14-17-7-4-3-5-8-17)23-28(25,26)20-9-6-12-27-20/h3-13,19,23H,14H2,1-2H3,(H,22,24)/t19-/m1/s1. The minimum Gasteiger partial charge on any atom is -0.324 e. The molecule has 28 heavy (non-hydrogen) atoms. The summed E-state index contributed by atoms with van der Waals surface area (Å²) in [5.74, 6) is -0.391. The molecule has 146 valence electrons. The van der Waals surface area contributed by atoms with E-state index in [1.807, 2.05) is 62.4 Å². The van der Waals surface area contributed by atoms with Crippen molar-refractivity contribution in [2.24, 2.45) is 0 Å². The van der Waals surface area contributed by atoms with E-state index in [-0.39, 0.29) is 10.6 Å². The van der Waals surface area contributed by atoms with Gasteiger partial charge >= 0.3 is 0 Å². The lowest BCUT2D eigenvalue weighted by Crippen LogP contribution is -2.45. The number of sulfonamides is 1. The van der Waals surface area contributed by atoms with Crippen LogP contribution in [0.4, 0.5) is 5.69 Å². The molecule has 2 aromatic carbocycles. The quantitative estimate of drug-likeness (QED) is 0.616. The van der Waals surface area contributed by atoms with Crippen LogP contribution in [0.5, 0.6) is 0 Å². The van der Waals surface area contributed by atoms with Crippen LogP contribution in [0.25, 0.3) is 0 Å². The molecule has 0 unspecified atom stereocenters. The van der Waals surface area contributed by atoms with Crippen molar-refractivity contribution in [3.8, 4) is 0 Å². The van der Waals surface area contributed by atoms with Gasteiger partial charge in [-0.05, 0) is 54.5 Å². The van der Waals surface area contributed by atoms with E-state index in [1.165, 1.54) is 6.07 Å². The zero-order valence-electron chi connectivity index (χ0n) is 15.7. The van der Waals surface area contributed by atoms with E-state index in [2.05, 4.69) is 10.0 Å². The van der Waals surface area contributed by atoms with E-state index in [0.717, 1.165) is 28.0 Å². The second-order valence-corrected chi connectivity index (χ2v) is 9.49. The highest BCUT2D eigenvalue weighted by Crippen LogP contribution is 2.19. The summed E-state index contributed by atoms with van der Waals surface area (Å²) in [5, 5.41) is 4.57. The van der Waals surface area contributed by atoms with Crippen molar-refractivity contribution in [2.45, 2.75) is 30.5 Å². The van der Waals surface area contributed by atoms with Gasteiger partial charge in [0.1, 0.15) is 10.3 Å². The summed E-state index contributed by atoms with van der Waals surface area (Å²) in [6.45, 7) is 3.84. The number of carbonyl (C=O) groups excluding carboxylic acids is 1. The molecular formula is C21H22N2O3S2. The minimum absolute atomic E-state index is 0.185. The first kappa shape index (κ1) is 20.3. The van der Waals surface area contributed by atoms with Gasteiger partial charge in [0.2, 0.25) is 5.91 Å². The van der Waals surface area contributed by atoms with Crippen molar-refractivity contribution >= 4 is 33.0 Å². The Morgan fingerprint density at radius 2 is 1.79 bits per heavy atom. The van der Waals surface area contributed by atoms with Crippen molar-refractivity contribution in [3.05, 3.63) is 82.7 Å². The number of anilines is 1. The molecule has 1 atom stereocenters. The molecule has 1 heterocycles. The molecule has 7 heteroatoms.